The summed E-state index contributed by atoms with van der Waals surface area (Å²) in [6.45, 7) is 2.71. The van der Waals surface area contributed by atoms with Crippen LogP contribution in [0.25, 0.3) is 0 Å². The van der Waals surface area contributed by atoms with E-state index < -0.39 is 0 Å². The van der Waals surface area contributed by atoms with E-state index in [1.165, 1.54) is 19.3 Å². The molecule has 0 bridgehead atoms. The van der Waals surface area contributed by atoms with Gasteiger partial charge in [-0.3, -0.25) is 4.99 Å². The van der Waals surface area contributed by atoms with Crippen molar-refractivity contribution in [2.24, 2.45) is 10.7 Å². The second-order valence-electron chi connectivity index (χ2n) is 5.22. The Hall–Kier alpha value is -1.18. The Bertz CT molecular complexity index is 488. The van der Waals surface area contributed by atoms with Crippen LogP contribution in [0.15, 0.2) is 23.2 Å². The van der Waals surface area contributed by atoms with Gasteiger partial charge in [0.2, 0.25) is 0 Å². The van der Waals surface area contributed by atoms with E-state index in [-0.39, 0.29) is 24.0 Å². The number of benzene rings is 1. The summed E-state index contributed by atoms with van der Waals surface area (Å²) in [6, 6.07) is 5.81. The molecule has 22 heavy (non-hydrogen) atoms. The van der Waals surface area contributed by atoms with Gasteiger partial charge in [0.25, 0.3) is 0 Å². The van der Waals surface area contributed by atoms with Crippen molar-refractivity contribution in [1.82, 2.24) is 4.90 Å². The van der Waals surface area contributed by atoms with Gasteiger partial charge in [-0.25, -0.2) is 0 Å². The number of nitrogens with zero attached hydrogens (tertiary/aromatic N) is 2. The molecule has 1 aromatic carbocycles. The van der Waals surface area contributed by atoms with Crippen LogP contribution in [0.5, 0.6) is 11.5 Å². The SMILES string of the molecule is COc1ccc(OC)c(CCN=C(N)N2CCCCC2)c1.I. The van der Waals surface area contributed by atoms with Crippen LogP contribution in [-0.4, -0.2) is 44.7 Å². The average Bonchev–Trinajstić information content (AvgIpc) is 2.55. The maximum atomic E-state index is 6.06. The first-order chi connectivity index (χ1) is 10.2. The minimum absolute atomic E-state index is 0. The average molecular weight is 419 g/mol. The summed E-state index contributed by atoms with van der Waals surface area (Å²) >= 11 is 0. The van der Waals surface area contributed by atoms with Crippen molar-refractivity contribution in [3.8, 4) is 11.5 Å². The van der Waals surface area contributed by atoms with Gasteiger partial charge in [-0.15, -0.1) is 24.0 Å². The Morgan fingerprint density at radius 1 is 1.18 bits per heavy atom. The van der Waals surface area contributed by atoms with Crippen LogP contribution in [0.3, 0.4) is 0 Å². The van der Waals surface area contributed by atoms with Crippen LogP contribution >= 0.6 is 24.0 Å². The molecule has 0 amide bonds. The van der Waals surface area contributed by atoms with Gasteiger partial charge in [-0.05, 0) is 49.4 Å². The Morgan fingerprint density at radius 3 is 2.55 bits per heavy atom. The minimum Gasteiger partial charge on any atom is -0.497 e. The first-order valence-corrected chi connectivity index (χ1v) is 7.50. The van der Waals surface area contributed by atoms with Crippen LogP contribution in [-0.2, 0) is 6.42 Å². The molecule has 5 nitrogen and oxygen atoms in total. The smallest absolute Gasteiger partial charge is 0.191 e. The van der Waals surface area contributed by atoms with E-state index >= 15 is 0 Å². The van der Waals surface area contributed by atoms with Gasteiger partial charge in [-0.1, -0.05) is 0 Å². The quantitative estimate of drug-likeness (QED) is 0.453. The summed E-state index contributed by atoms with van der Waals surface area (Å²) in [5.41, 5.74) is 7.15. The van der Waals surface area contributed by atoms with Crippen molar-refractivity contribution in [3.63, 3.8) is 0 Å². The monoisotopic (exact) mass is 419 g/mol. The van der Waals surface area contributed by atoms with Crippen molar-refractivity contribution in [2.45, 2.75) is 25.7 Å². The van der Waals surface area contributed by atoms with Gasteiger partial charge in [-0.2, -0.15) is 0 Å². The third-order valence-electron chi connectivity index (χ3n) is 3.82. The molecule has 0 aliphatic carbocycles. The molecule has 0 unspecified atom stereocenters. The third kappa shape index (κ3) is 5.23. The van der Waals surface area contributed by atoms with Gasteiger partial charge in [0, 0.05) is 19.6 Å². The number of aliphatic imine (C=N–C) groups is 1. The number of piperidine rings is 1. The molecular weight excluding hydrogens is 393 g/mol. The van der Waals surface area contributed by atoms with Gasteiger partial charge < -0.3 is 20.1 Å². The highest BCUT2D eigenvalue weighted by Gasteiger charge is 2.11. The lowest BCUT2D eigenvalue weighted by molar-refractivity contribution is 0.338. The van der Waals surface area contributed by atoms with E-state index in [1.807, 2.05) is 18.2 Å². The molecule has 2 rings (SSSR count). The van der Waals surface area contributed by atoms with Crippen LogP contribution in [0.2, 0.25) is 0 Å². The van der Waals surface area contributed by atoms with Gasteiger partial charge >= 0.3 is 0 Å². The first kappa shape index (κ1) is 18.9. The third-order valence-corrected chi connectivity index (χ3v) is 3.82. The Balaban J connectivity index is 0.00000242. The van der Waals surface area contributed by atoms with Gasteiger partial charge in [0.05, 0.1) is 14.2 Å². The second-order valence-corrected chi connectivity index (χ2v) is 5.22. The number of hydrogen-bond acceptors (Lipinski definition) is 3. The summed E-state index contributed by atoms with van der Waals surface area (Å²) in [4.78, 5) is 6.67. The van der Waals surface area contributed by atoms with E-state index in [2.05, 4.69) is 9.89 Å². The zero-order chi connectivity index (χ0) is 15.1. The Morgan fingerprint density at radius 2 is 1.91 bits per heavy atom. The van der Waals surface area contributed by atoms with Crippen LogP contribution < -0.4 is 15.2 Å². The standard InChI is InChI=1S/C16H25N3O2.HI/c1-20-14-6-7-15(21-2)13(12-14)8-9-18-16(17)19-10-4-3-5-11-19;/h6-7,12H,3-5,8-11H2,1-2H3,(H2,17,18);1H. The highest BCUT2D eigenvalue weighted by Crippen LogP contribution is 2.24. The molecule has 124 valence electrons. The van der Waals surface area contributed by atoms with Crippen molar-refractivity contribution < 1.29 is 9.47 Å². The summed E-state index contributed by atoms with van der Waals surface area (Å²) in [6.07, 6.45) is 4.50. The van der Waals surface area contributed by atoms with E-state index in [0.29, 0.717) is 12.5 Å². The fraction of sp³-hybridized carbons (Fsp3) is 0.562. The molecule has 0 aromatic heterocycles. The molecule has 1 aromatic rings. The molecule has 0 atom stereocenters. The summed E-state index contributed by atoms with van der Waals surface area (Å²) in [5, 5.41) is 0. The van der Waals surface area contributed by atoms with E-state index in [1.54, 1.807) is 14.2 Å². The Kier molecular flexibility index (Phi) is 8.37. The fourth-order valence-electron chi connectivity index (χ4n) is 2.59. The van der Waals surface area contributed by atoms with Crippen LogP contribution in [0, 0.1) is 0 Å². The zero-order valence-corrected chi connectivity index (χ0v) is 15.7. The maximum absolute atomic E-state index is 6.06. The lowest BCUT2D eigenvalue weighted by Crippen LogP contribution is -2.41. The van der Waals surface area contributed by atoms with Crippen LogP contribution in [0.1, 0.15) is 24.8 Å². The lowest BCUT2D eigenvalue weighted by Gasteiger charge is -2.27. The molecule has 2 N–H and O–H groups in total. The van der Waals surface area contributed by atoms with Gasteiger partial charge in [0.1, 0.15) is 11.5 Å². The summed E-state index contributed by atoms with van der Waals surface area (Å²) in [7, 11) is 3.34. The van der Waals surface area contributed by atoms with E-state index in [4.69, 9.17) is 15.2 Å². The fourth-order valence-corrected chi connectivity index (χ4v) is 2.59. The van der Waals surface area contributed by atoms with Crippen molar-refractivity contribution in [2.75, 3.05) is 33.9 Å². The number of rotatable bonds is 5. The molecule has 1 saturated heterocycles. The summed E-state index contributed by atoms with van der Waals surface area (Å²) in [5.74, 6) is 2.36. The largest absolute Gasteiger partial charge is 0.497 e. The number of likely N-dealkylation sites (tertiary alicyclic amines) is 1. The topological polar surface area (TPSA) is 60.1 Å². The van der Waals surface area contributed by atoms with E-state index in [9.17, 15) is 0 Å². The number of ether oxygens (including phenoxy) is 2. The summed E-state index contributed by atoms with van der Waals surface area (Å²) < 4.78 is 10.6. The van der Waals surface area contributed by atoms with Crippen LogP contribution in [0.4, 0.5) is 0 Å². The zero-order valence-electron chi connectivity index (χ0n) is 13.4. The molecule has 1 heterocycles. The molecule has 1 fully saturated rings. The van der Waals surface area contributed by atoms with Crippen molar-refractivity contribution >= 4 is 29.9 Å². The normalized spacial score (nSPS) is 15.2. The van der Waals surface area contributed by atoms with Crippen molar-refractivity contribution in [1.29, 1.82) is 0 Å². The molecule has 0 radical (unpaired) electrons. The highest BCUT2D eigenvalue weighted by molar-refractivity contribution is 14.0. The van der Waals surface area contributed by atoms with E-state index in [0.717, 1.165) is 36.6 Å². The number of methoxy groups -OCH3 is 2. The molecule has 6 heteroatoms. The number of nitrogens with two attached hydrogens (primary N) is 1. The molecular formula is C16H26IN3O2. The molecule has 1 aliphatic rings. The molecule has 1 aliphatic heterocycles. The predicted molar refractivity (Wildman–Crippen MR) is 101 cm³/mol. The first-order valence-electron chi connectivity index (χ1n) is 7.50. The van der Waals surface area contributed by atoms with Gasteiger partial charge in [0.15, 0.2) is 5.96 Å². The Labute approximate surface area is 149 Å². The minimum atomic E-state index is 0. The lowest BCUT2D eigenvalue weighted by atomic mass is 10.1. The highest BCUT2D eigenvalue weighted by atomic mass is 127. The number of hydrogen-bond donors (Lipinski definition) is 1. The van der Waals surface area contributed by atoms with Crippen molar-refractivity contribution in [3.05, 3.63) is 23.8 Å². The maximum Gasteiger partial charge on any atom is 0.191 e. The predicted octanol–water partition coefficient (Wildman–Crippen LogP) is 2.66. The molecule has 0 spiro atoms. The number of halogens is 1. The molecule has 0 saturated carbocycles. The number of guanidine groups is 1. The second kappa shape index (κ2) is 9.76.